The Labute approximate surface area is 636 Å². The molecule has 8 rings (SSSR count). The average molecular weight is 1530 g/mol. The molecule has 0 aromatic heterocycles. The molecule has 0 aliphatic carbocycles. The van der Waals surface area contributed by atoms with E-state index in [1.165, 1.54) is 43.1 Å². The fraction of sp³-hybridized carbons (Fsp3) is 0.584. The number of unbranched alkanes of at least 4 members (excludes halogenated alkanes) is 2. The summed E-state index contributed by atoms with van der Waals surface area (Å²) >= 11 is 0. The molecule has 1 unspecified atom stereocenters. The highest BCUT2D eigenvalue weighted by molar-refractivity contribution is 6.07. The molecule has 1 saturated heterocycles. The van der Waals surface area contributed by atoms with Crippen LogP contribution in [-0.4, -0.2) is 256 Å². The van der Waals surface area contributed by atoms with Gasteiger partial charge in [-0.15, -0.1) is 0 Å². The number of nitrogens with one attached hydrogen (secondary N) is 4. The number of hydrogen-bond acceptors (Lipinski definition) is 24. The van der Waals surface area contributed by atoms with Gasteiger partial charge in [0, 0.05) is 74.7 Å². The number of fused-ring (bicyclic) bond motifs is 4. The topological polar surface area (TPSA) is 367 Å². The molecular formula is C77H107N9O23. The van der Waals surface area contributed by atoms with E-state index in [2.05, 4.69) is 26.3 Å². The SMILES string of the molecule is CCC1CC(=O)N(CCC(=O)NCCOCCOCCOCCOCCOCCOCCOCCOCCC(=O)N[C@H](C(=O)N[C@@H](C)C(=O)Nc2ccc(COC(=O)N3c4cc(OCCCCCOc5cc6c(cc5OC)C(=O)N5C=C(C)C[C@H]5C=N6)c(OC)cc4C(=O)N4C=C(C)C[C@H]4[C@@H]3O)cc2)C(C)C)C1=O. The normalized spacial score (nSPS) is 17.7. The van der Waals surface area contributed by atoms with Crippen molar-refractivity contribution in [1.82, 2.24) is 30.7 Å². The van der Waals surface area contributed by atoms with E-state index in [0.29, 0.717) is 165 Å². The lowest BCUT2D eigenvalue weighted by molar-refractivity contribution is -0.139. The summed E-state index contributed by atoms with van der Waals surface area (Å²) in [5, 5.41) is 22.9. The number of methoxy groups -OCH3 is 2. The summed E-state index contributed by atoms with van der Waals surface area (Å²) < 4.78 is 73.7. The van der Waals surface area contributed by atoms with E-state index < -0.39 is 54.1 Å². The molecule has 5 aliphatic heterocycles. The molecule has 5 heterocycles. The van der Waals surface area contributed by atoms with Gasteiger partial charge in [-0.05, 0) is 95.0 Å². The Morgan fingerprint density at radius 3 is 1.70 bits per heavy atom. The summed E-state index contributed by atoms with van der Waals surface area (Å²) in [4.78, 5) is 128. The Kier molecular flexibility index (Phi) is 34.9. The van der Waals surface area contributed by atoms with Gasteiger partial charge in [-0.2, -0.15) is 0 Å². The monoisotopic (exact) mass is 1530 g/mol. The molecule has 9 amide bonds. The number of likely N-dealkylation sites (tertiary alicyclic amines) is 1. The summed E-state index contributed by atoms with van der Waals surface area (Å²) in [6.45, 7) is 16.9. The van der Waals surface area contributed by atoms with Gasteiger partial charge in [0.1, 0.15) is 18.7 Å². The highest BCUT2D eigenvalue weighted by atomic mass is 16.6. The van der Waals surface area contributed by atoms with Crippen LogP contribution in [0.4, 0.5) is 21.9 Å². The number of carbonyl (C=O) groups is 9. The molecule has 1 fully saturated rings. The van der Waals surface area contributed by atoms with Crippen molar-refractivity contribution in [2.24, 2.45) is 16.8 Å². The zero-order valence-electron chi connectivity index (χ0n) is 63.8. The Balaban J connectivity index is 0.642. The lowest BCUT2D eigenvalue weighted by atomic mass is 10.0. The van der Waals surface area contributed by atoms with Gasteiger partial charge in [0.25, 0.3) is 11.8 Å². The van der Waals surface area contributed by atoms with Gasteiger partial charge in [0.05, 0.1) is 168 Å². The van der Waals surface area contributed by atoms with Crippen LogP contribution >= 0.6 is 0 Å². The van der Waals surface area contributed by atoms with Gasteiger partial charge in [-0.25, -0.2) is 9.69 Å². The third-order valence-electron chi connectivity index (χ3n) is 18.4. The number of amides is 9. The number of rotatable bonds is 49. The smallest absolute Gasteiger partial charge is 0.416 e. The molecule has 32 nitrogen and oxygen atoms in total. The molecule has 0 bridgehead atoms. The van der Waals surface area contributed by atoms with Crippen LogP contribution in [0.3, 0.4) is 0 Å². The molecule has 5 aliphatic rings. The first-order valence-electron chi connectivity index (χ1n) is 37.3. The van der Waals surface area contributed by atoms with Gasteiger partial charge in [0.15, 0.2) is 29.2 Å². The first kappa shape index (κ1) is 85.5. The van der Waals surface area contributed by atoms with Crippen molar-refractivity contribution in [3.63, 3.8) is 0 Å². The minimum Gasteiger partial charge on any atom is -0.493 e. The second kappa shape index (κ2) is 44.5. The molecule has 0 radical (unpaired) electrons. The number of anilines is 2. The summed E-state index contributed by atoms with van der Waals surface area (Å²) in [6.07, 6.45) is 6.66. The molecule has 598 valence electrons. The average Bonchev–Trinajstić information content (AvgIpc) is 1.61. The molecule has 0 saturated carbocycles. The second-order valence-corrected chi connectivity index (χ2v) is 27.0. The van der Waals surface area contributed by atoms with E-state index in [1.54, 1.807) is 67.6 Å². The number of aliphatic hydroxyl groups is 1. The largest absolute Gasteiger partial charge is 0.493 e. The number of imide groups is 1. The first-order chi connectivity index (χ1) is 52.7. The molecule has 6 atom stereocenters. The van der Waals surface area contributed by atoms with Gasteiger partial charge in [-0.3, -0.25) is 48.2 Å². The number of carbonyl (C=O) groups excluding carboxylic acids is 9. The van der Waals surface area contributed by atoms with Crippen molar-refractivity contribution in [3.8, 4) is 23.0 Å². The maximum absolute atomic E-state index is 14.3. The van der Waals surface area contributed by atoms with E-state index in [-0.39, 0.29) is 123 Å². The van der Waals surface area contributed by atoms with Crippen molar-refractivity contribution in [1.29, 1.82) is 0 Å². The third kappa shape index (κ3) is 25.7. The van der Waals surface area contributed by atoms with Crippen LogP contribution in [0.5, 0.6) is 23.0 Å². The van der Waals surface area contributed by atoms with Crippen LogP contribution in [0.25, 0.3) is 0 Å². The molecule has 109 heavy (non-hydrogen) atoms. The van der Waals surface area contributed by atoms with Crippen LogP contribution in [0.2, 0.25) is 0 Å². The van der Waals surface area contributed by atoms with Crippen LogP contribution < -0.4 is 45.1 Å². The molecule has 3 aromatic carbocycles. The Morgan fingerprint density at radius 1 is 0.587 bits per heavy atom. The predicted octanol–water partition coefficient (Wildman–Crippen LogP) is 6.16. The second-order valence-electron chi connectivity index (χ2n) is 27.0. The van der Waals surface area contributed by atoms with E-state index in [4.69, 9.17) is 61.6 Å². The summed E-state index contributed by atoms with van der Waals surface area (Å²) in [5.74, 6) is -2.00. The number of aliphatic hydroxyl groups excluding tert-OH is 1. The highest BCUT2D eigenvalue weighted by Crippen LogP contribution is 2.43. The maximum atomic E-state index is 14.3. The van der Waals surface area contributed by atoms with Gasteiger partial charge in [0.2, 0.25) is 35.4 Å². The molecule has 32 heteroatoms. The first-order valence-corrected chi connectivity index (χ1v) is 37.3. The van der Waals surface area contributed by atoms with E-state index >= 15 is 0 Å². The molecular weight excluding hydrogens is 1420 g/mol. The van der Waals surface area contributed by atoms with Crippen molar-refractivity contribution in [2.45, 2.75) is 136 Å². The zero-order valence-corrected chi connectivity index (χ0v) is 63.8. The Bertz CT molecular complexity index is 3650. The minimum absolute atomic E-state index is 0.0141. The maximum Gasteiger partial charge on any atom is 0.416 e. The van der Waals surface area contributed by atoms with Crippen molar-refractivity contribution < 1.29 is 110 Å². The number of benzene rings is 3. The Hall–Kier alpha value is -9.12. The quantitative estimate of drug-likeness (QED) is 0.0312. The fourth-order valence-electron chi connectivity index (χ4n) is 12.4. The standard InChI is InChI=1S/C77H107N9O23/c1-9-55-41-69(89)83(73(55)92)20-17-67(87)78-19-24-100-26-28-102-30-32-104-34-36-106-38-37-105-35-33-103-31-29-101-27-25-99-23-18-68(88)82-70(50(2)3)72(91)80-53(6)71(90)81-56-15-13-54(14-16-56)49-109-77(96)86-61-45-66(64(98-8)43-59(61)75(94)85-48-52(5)40-62(85)76(86)95)108-22-12-10-11-21-107-65-44-60-58(42-63(65)97-7)74(93)84-47-51(4)39-57(84)46-79-60/h13-16,42-48,50,53,55,57,62,70,76,95H,9-12,17-41,49H2,1-8H3,(H,78,87)(H,80,91)(H,81,90)(H,82,88)/t53-,55?,57-,62-,70-,76-/m0/s1. The molecule has 5 N–H and O–H groups in total. The van der Waals surface area contributed by atoms with Crippen molar-refractivity contribution in [2.75, 3.05) is 156 Å². The lowest BCUT2D eigenvalue weighted by Gasteiger charge is -2.31. The minimum atomic E-state index is -1.53. The number of hydrogen-bond donors (Lipinski definition) is 5. The van der Waals surface area contributed by atoms with Crippen LogP contribution in [0.15, 0.2) is 77.1 Å². The summed E-state index contributed by atoms with van der Waals surface area (Å²) in [5.41, 5.74) is 3.92. The van der Waals surface area contributed by atoms with Crippen LogP contribution in [-0.2, 0) is 78.0 Å². The van der Waals surface area contributed by atoms with E-state index in [1.807, 2.05) is 27.0 Å². The van der Waals surface area contributed by atoms with Crippen LogP contribution in [0, 0.1) is 11.8 Å². The van der Waals surface area contributed by atoms with Crippen LogP contribution in [0.1, 0.15) is 126 Å². The summed E-state index contributed by atoms with van der Waals surface area (Å²) in [7, 11) is 2.96. The number of nitrogens with zero attached hydrogens (tertiary/aromatic N) is 5. The van der Waals surface area contributed by atoms with Gasteiger partial charge in [-0.1, -0.05) is 44.1 Å². The molecule has 0 spiro atoms. The highest BCUT2D eigenvalue weighted by Gasteiger charge is 2.46. The van der Waals surface area contributed by atoms with Gasteiger partial charge < -0.3 is 97.8 Å². The van der Waals surface area contributed by atoms with Gasteiger partial charge >= 0.3 is 6.09 Å². The zero-order chi connectivity index (χ0) is 78.2. The number of ether oxygens (including phenoxy) is 13. The van der Waals surface area contributed by atoms with Crippen molar-refractivity contribution in [3.05, 3.63) is 88.8 Å². The summed E-state index contributed by atoms with van der Waals surface area (Å²) in [6, 6.07) is 9.93. The lowest BCUT2D eigenvalue weighted by Crippen LogP contribution is -2.53. The third-order valence-corrected chi connectivity index (χ3v) is 18.4. The van der Waals surface area contributed by atoms with E-state index in [0.717, 1.165) is 22.5 Å². The number of aliphatic imine (C=N–C) groups is 1. The predicted molar refractivity (Wildman–Crippen MR) is 398 cm³/mol. The van der Waals surface area contributed by atoms with E-state index in [9.17, 15) is 48.3 Å². The fourth-order valence-corrected chi connectivity index (χ4v) is 12.4. The Morgan fingerprint density at radius 2 is 1.13 bits per heavy atom. The van der Waals surface area contributed by atoms with Crippen molar-refractivity contribution >= 4 is 76.6 Å². The molecule has 3 aromatic rings.